The number of nitrogens with zero attached hydrogens (tertiary/aromatic N) is 4. The van der Waals surface area contributed by atoms with Gasteiger partial charge in [-0.2, -0.15) is 5.10 Å². The van der Waals surface area contributed by atoms with Crippen LogP contribution in [0.2, 0.25) is 0 Å². The molecule has 2 aromatic rings. The van der Waals surface area contributed by atoms with Crippen LogP contribution in [0.1, 0.15) is 0 Å². The van der Waals surface area contributed by atoms with Crippen molar-refractivity contribution in [2.75, 3.05) is 38.0 Å². The van der Waals surface area contributed by atoms with Crippen LogP contribution in [0.25, 0.3) is 0 Å². The van der Waals surface area contributed by atoms with Crippen LogP contribution in [0.4, 0.5) is 9.80 Å². The molecule has 6 nitrogen and oxygen atoms in total. The van der Waals surface area contributed by atoms with Gasteiger partial charge in [0.25, 0.3) is 0 Å². The van der Waals surface area contributed by atoms with Crippen molar-refractivity contribution in [3.05, 3.63) is 36.0 Å². The number of amides is 2. The van der Waals surface area contributed by atoms with Crippen molar-refractivity contribution >= 4 is 22.4 Å². The highest BCUT2D eigenvalue weighted by molar-refractivity contribution is 7.14. The van der Waals surface area contributed by atoms with Gasteiger partial charge in [-0.05, 0) is 23.6 Å². The van der Waals surface area contributed by atoms with E-state index in [-0.39, 0.29) is 6.03 Å². The predicted octanol–water partition coefficient (Wildman–Crippen LogP) is 1.79. The number of anilines is 1. The van der Waals surface area contributed by atoms with E-state index < -0.39 is 0 Å². The molecule has 3 rings (SSSR count). The Labute approximate surface area is 128 Å². The molecule has 0 radical (unpaired) electrons. The summed E-state index contributed by atoms with van der Waals surface area (Å²) in [5.41, 5.74) is 0. The van der Waals surface area contributed by atoms with Crippen LogP contribution in [-0.4, -0.2) is 58.3 Å². The highest BCUT2D eigenvalue weighted by Crippen LogP contribution is 2.16. The first-order valence-corrected chi connectivity index (χ1v) is 7.98. The highest BCUT2D eigenvalue weighted by Gasteiger charge is 2.21. The van der Waals surface area contributed by atoms with Crippen molar-refractivity contribution in [3.63, 3.8) is 0 Å². The maximum Gasteiger partial charge on any atom is 0.322 e. The zero-order chi connectivity index (χ0) is 14.5. The fraction of sp³-hybridized carbons (Fsp3) is 0.429. The topological polar surface area (TPSA) is 53.4 Å². The van der Waals surface area contributed by atoms with Crippen molar-refractivity contribution in [3.8, 4) is 0 Å². The maximum absolute atomic E-state index is 12.1. The molecule has 1 aliphatic rings. The smallest absolute Gasteiger partial charge is 0.322 e. The number of urea groups is 1. The third-order valence-electron chi connectivity index (χ3n) is 3.62. The third kappa shape index (κ3) is 3.83. The average Bonchev–Trinajstić information content (AvgIpc) is 3.19. The van der Waals surface area contributed by atoms with Crippen molar-refractivity contribution < 1.29 is 4.79 Å². The molecule has 1 saturated heterocycles. The summed E-state index contributed by atoms with van der Waals surface area (Å²) in [5.74, 6) is 0. The Balaban J connectivity index is 1.41. The van der Waals surface area contributed by atoms with Gasteiger partial charge in [-0.3, -0.25) is 14.9 Å². The Morgan fingerprint density at radius 2 is 2.10 bits per heavy atom. The summed E-state index contributed by atoms with van der Waals surface area (Å²) >= 11 is 1.54. The molecular weight excluding hydrogens is 286 g/mol. The Morgan fingerprint density at radius 3 is 2.76 bits per heavy atom. The number of aromatic nitrogens is 2. The molecule has 0 unspecified atom stereocenters. The lowest BCUT2D eigenvalue weighted by molar-refractivity contribution is 0.143. The highest BCUT2D eigenvalue weighted by atomic mass is 32.1. The monoisotopic (exact) mass is 305 g/mol. The molecule has 0 bridgehead atoms. The third-order valence-corrected chi connectivity index (χ3v) is 4.40. The number of thiophene rings is 1. The fourth-order valence-corrected chi connectivity index (χ4v) is 2.99. The molecule has 21 heavy (non-hydrogen) atoms. The molecule has 7 heteroatoms. The van der Waals surface area contributed by atoms with Gasteiger partial charge in [0, 0.05) is 45.1 Å². The van der Waals surface area contributed by atoms with Crippen molar-refractivity contribution in [1.82, 2.24) is 19.6 Å². The second kappa shape index (κ2) is 6.73. The first-order valence-electron chi connectivity index (χ1n) is 7.10. The van der Waals surface area contributed by atoms with Gasteiger partial charge in [0.1, 0.15) is 0 Å². The molecular formula is C14H19N5OS. The quantitative estimate of drug-likeness (QED) is 0.937. The normalized spacial score (nSPS) is 16.1. The molecule has 0 aliphatic carbocycles. The van der Waals surface area contributed by atoms with Crippen molar-refractivity contribution in [2.24, 2.45) is 0 Å². The molecule has 0 spiro atoms. The zero-order valence-electron chi connectivity index (χ0n) is 11.8. The fourth-order valence-electron chi connectivity index (χ4n) is 2.39. The lowest BCUT2D eigenvalue weighted by Crippen LogP contribution is -2.50. The number of nitrogens with one attached hydrogen (secondary N) is 1. The Bertz CT molecular complexity index is 546. The zero-order valence-corrected chi connectivity index (χ0v) is 12.6. The van der Waals surface area contributed by atoms with Gasteiger partial charge in [0.15, 0.2) is 0 Å². The van der Waals surface area contributed by atoms with Gasteiger partial charge in [-0.25, -0.2) is 4.79 Å². The van der Waals surface area contributed by atoms with Gasteiger partial charge >= 0.3 is 6.03 Å². The summed E-state index contributed by atoms with van der Waals surface area (Å²) in [4.78, 5) is 16.4. The second-order valence-corrected chi connectivity index (χ2v) is 5.95. The largest absolute Gasteiger partial charge is 0.322 e. The molecule has 112 valence electrons. The molecule has 0 atom stereocenters. The first-order chi connectivity index (χ1) is 10.3. The lowest BCUT2D eigenvalue weighted by atomic mass is 10.3. The predicted molar refractivity (Wildman–Crippen MR) is 83.6 cm³/mol. The van der Waals surface area contributed by atoms with Gasteiger partial charge in [0.05, 0.1) is 11.5 Å². The number of piperazine rings is 1. The van der Waals surface area contributed by atoms with E-state index in [2.05, 4.69) is 15.3 Å². The van der Waals surface area contributed by atoms with Crippen LogP contribution in [-0.2, 0) is 6.54 Å². The van der Waals surface area contributed by atoms with Crippen molar-refractivity contribution in [2.45, 2.75) is 6.54 Å². The molecule has 0 aromatic carbocycles. The van der Waals surface area contributed by atoms with Gasteiger partial charge in [0.2, 0.25) is 0 Å². The van der Waals surface area contributed by atoms with Crippen LogP contribution >= 0.6 is 11.3 Å². The van der Waals surface area contributed by atoms with Gasteiger partial charge in [-0.1, -0.05) is 0 Å². The van der Waals surface area contributed by atoms with Crippen LogP contribution < -0.4 is 5.32 Å². The maximum atomic E-state index is 12.1. The summed E-state index contributed by atoms with van der Waals surface area (Å²) < 4.78 is 1.94. The molecule has 3 heterocycles. The summed E-state index contributed by atoms with van der Waals surface area (Å²) in [6.45, 7) is 5.25. The van der Waals surface area contributed by atoms with E-state index in [1.165, 1.54) is 0 Å². The Hall–Kier alpha value is -1.86. The number of hydrogen-bond acceptors (Lipinski definition) is 4. The van der Waals surface area contributed by atoms with E-state index >= 15 is 0 Å². The Kier molecular flexibility index (Phi) is 4.52. The minimum Gasteiger partial charge on any atom is -0.322 e. The molecule has 0 saturated carbocycles. The van der Waals surface area contributed by atoms with E-state index in [0.29, 0.717) is 0 Å². The Morgan fingerprint density at radius 1 is 1.24 bits per heavy atom. The average molecular weight is 305 g/mol. The van der Waals surface area contributed by atoms with Crippen LogP contribution in [0.3, 0.4) is 0 Å². The van der Waals surface area contributed by atoms with Gasteiger partial charge in [-0.15, -0.1) is 11.3 Å². The molecule has 1 aliphatic heterocycles. The minimum absolute atomic E-state index is 0.00387. The van der Waals surface area contributed by atoms with Crippen LogP contribution in [0, 0.1) is 0 Å². The van der Waals surface area contributed by atoms with E-state index in [1.54, 1.807) is 17.5 Å². The standard InChI is InChI=1S/C14H19N5OS/c20-14(16-13-3-1-12-21-13)18-9-6-17(7-10-18)8-11-19-5-2-4-15-19/h1-5,12H,6-11H2,(H,16,20). The molecule has 1 N–H and O–H groups in total. The number of hydrogen-bond donors (Lipinski definition) is 1. The molecule has 2 aromatic heterocycles. The summed E-state index contributed by atoms with van der Waals surface area (Å²) in [6.07, 6.45) is 3.78. The molecule has 2 amide bonds. The summed E-state index contributed by atoms with van der Waals surface area (Å²) in [7, 11) is 0. The first kappa shape index (κ1) is 14.1. The van der Waals surface area contributed by atoms with Crippen LogP contribution in [0.5, 0.6) is 0 Å². The van der Waals surface area contributed by atoms with E-state index in [0.717, 1.165) is 44.3 Å². The number of rotatable bonds is 4. The van der Waals surface area contributed by atoms with Crippen LogP contribution in [0.15, 0.2) is 36.0 Å². The lowest BCUT2D eigenvalue weighted by Gasteiger charge is -2.34. The minimum atomic E-state index is 0.00387. The van der Waals surface area contributed by atoms with Gasteiger partial charge < -0.3 is 4.90 Å². The summed E-state index contributed by atoms with van der Waals surface area (Å²) in [5, 5.41) is 10.0. The number of carbonyl (C=O) groups is 1. The second-order valence-electron chi connectivity index (χ2n) is 5.01. The van der Waals surface area contributed by atoms with E-state index in [9.17, 15) is 4.79 Å². The van der Waals surface area contributed by atoms with E-state index in [1.807, 2.05) is 39.4 Å². The number of carbonyl (C=O) groups excluding carboxylic acids is 1. The van der Waals surface area contributed by atoms with Crippen molar-refractivity contribution in [1.29, 1.82) is 0 Å². The summed E-state index contributed by atoms with van der Waals surface area (Å²) in [6, 6.07) is 5.80. The molecule has 1 fully saturated rings. The van der Waals surface area contributed by atoms with E-state index in [4.69, 9.17) is 0 Å². The SMILES string of the molecule is O=C(Nc1cccs1)N1CCN(CCn2cccn2)CC1.